The molecule has 0 saturated carbocycles. The number of hydrogen-bond acceptors (Lipinski definition) is 5. The van der Waals surface area contributed by atoms with Crippen LogP contribution in [0.1, 0.15) is 29.8 Å². The van der Waals surface area contributed by atoms with Crippen LogP contribution in [-0.2, 0) is 20.9 Å². The van der Waals surface area contributed by atoms with Crippen LogP contribution in [0.2, 0.25) is 5.02 Å². The molecule has 0 spiro atoms. The summed E-state index contributed by atoms with van der Waals surface area (Å²) >= 11 is 5.81. The molecule has 7 heteroatoms. The summed E-state index contributed by atoms with van der Waals surface area (Å²) in [5.74, 6) is -0.420. The molecule has 0 saturated heterocycles. The van der Waals surface area contributed by atoms with Crippen LogP contribution in [-0.4, -0.2) is 31.7 Å². The van der Waals surface area contributed by atoms with Gasteiger partial charge >= 0.3 is 5.97 Å². The molecule has 0 aliphatic carbocycles. The third-order valence-electron chi connectivity index (χ3n) is 3.74. The second-order valence-corrected chi connectivity index (χ2v) is 6.14. The van der Waals surface area contributed by atoms with Gasteiger partial charge in [0.2, 0.25) is 0 Å². The highest BCUT2D eigenvalue weighted by Gasteiger charge is 2.20. The Balaban J connectivity index is 2.02. The Morgan fingerprint density at radius 1 is 1.15 bits per heavy atom. The quantitative estimate of drug-likeness (QED) is 0.686. The molecule has 1 N–H and O–H groups in total. The van der Waals surface area contributed by atoms with Crippen molar-refractivity contribution in [3.05, 3.63) is 58.6 Å². The van der Waals surface area contributed by atoms with Crippen LogP contribution in [0, 0.1) is 0 Å². The molecule has 2 aromatic rings. The van der Waals surface area contributed by atoms with E-state index in [0.29, 0.717) is 35.2 Å². The lowest BCUT2D eigenvalue weighted by atomic mass is 10.1. The third-order valence-corrected chi connectivity index (χ3v) is 3.99. The number of rotatable bonds is 8. The van der Waals surface area contributed by atoms with Gasteiger partial charge in [0, 0.05) is 22.9 Å². The fourth-order valence-corrected chi connectivity index (χ4v) is 2.42. The monoisotopic (exact) mass is 391 g/mol. The SMILES string of the molecule is CCOCc1cc(C(=O)O[C@@H](C)C(=O)Nc2ccc(Cl)cc2)ccc1OC. The van der Waals surface area contributed by atoms with E-state index in [1.807, 2.05) is 6.92 Å². The maximum atomic E-state index is 12.4. The van der Waals surface area contributed by atoms with E-state index >= 15 is 0 Å². The molecule has 0 aliphatic heterocycles. The van der Waals surface area contributed by atoms with Crippen molar-refractivity contribution < 1.29 is 23.8 Å². The zero-order valence-electron chi connectivity index (χ0n) is 15.5. The predicted molar refractivity (Wildman–Crippen MR) is 103 cm³/mol. The minimum atomic E-state index is -0.967. The molecule has 0 bridgehead atoms. The molecule has 1 amide bonds. The highest BCUT2D eigenvalue weighted by Crippen LogP contribution is 2.22. The first kappa shape index (κ1) is 20.7. The standard InChI is InChI=1S/C20H22ClNO5/c1-4-26-12-15-11-14(5-10-18(15)25-3)20(24)27-13(2)19(23)22-17-8-6-16(21)7-9-17/h5-11,13H,4,12H2,1-3H3,(H,22,23)/t13-/m0/s1. The largest absolute Gasteiger partial charge is 0.496 e. The summed E-state index contributed by atoms with van der Waals surface area (Å²) in [6.45, 7) is 4.24. The Labute approximate surface area is 163 Å². The first-order valence-corrected chi connectivity index (χ1v) is 8.84. The molecule has 2 rings (SSSR count). The summed E-state index contributed by atoms with van der Waals surface area (Å²) < 4.78 is 15.9. The number of carbonyl (C=O) groups is 2. The molecular weight excluding hydrogens is 370 g/mol. The van der Waals surface area contributed by atoms with Gasteiger partial charge in [0.1, 0.15) is 5.75 Å². The van der Waals surface area contributed by atoms with E-state index in [4.69, 9.17) is 25.8 Å². The number of hydrogen-bond donors (Lipinski definition) is 1. The first-order chi connectivity index (χ1) is 12.9. The van der Waals surface area contributed by atoms with Crippen LogP contribution in [0.5, 0.6) is 5.75 Å². The van der Waals surface area contributed by atoms with Gasteiger partial charge in [-0.1, -0.05) is 11.6 Å². The number of methoxy groups -OCH3 is 1. The number of halogens is 1. The summed E-state index contributed by atoms with van der Waals surface area (Å²) in [5, 5.41) is 3.23. The van der Waals surface area contributed by atoms with Crippen molar-refractivity contribution in [1.82, 2.24) is 0 Å². The number of benzene rings is 2. The van der Waals surface area contributed by atoms with Gasteiger partial charge in [0.15, 0.2) is 6.10 Å². The van der Waals surface area contributed by atoms with Crippen LogP contribution in [0.25, 0.3) is 0 Å². The molecule has 6 nitrogen and oxygen atoms in total. The zero-order chi connectivity index (χ0) is 19.8. The van der Waals surface area contributed by atoms with Gasteiger partial charge in [-0.25, -0.2) is 4.79 Å². The number of nitrogens with one attached hydrogen (secondary N) is 1. The second kappa shape index (κ2) is 9.94. The molecule has 27 heavy (non-hydrogen) atoms. The highest BCUT2D eigenvalue weighted by atomic mass is 35.5. The van der Waals surface area contributed by atoms with Crippen LogP contribution in [0.3, 0.4) is 0 Å². The summed E-state index contributed by atoms with van der Waals surface area (Å²) in [7, 11) is 1.55. The van der Waals surface area contributed by atoms with E-state index in [1.54, 1.807) is 49.6 Å². The van der Waals surface area contributed by atoms with E-state index < -0.39 is 18.0 Å². The molecule has 0 aliphatic rings. The Morgan fingerprint density at radius 3 is 2.48 bits per heavy atom. The maximum absolute atomic E-state index is 12.4. The molecule has 1 atom stereocenters. The topological polar surface area (TPSA) is 73.9 Å². The fourth-order valence-electron chi connectivity index (χ4n) is 2.29. The van der Waals surface area contributed by atoms with Gasteiger partial charge in [0.25, 0.3) is 5.91 Å². The average molecular weight is 392 g/mol. The molecule has 0 unspecified atom stereocenters. The van der Waals surface area contributed by atoms with Crippen LogP contribution in [0.15, 0.2) is 42.5 Å². The Morgan fingerprint density at radius 2 is 1.85 bits per heavy atom. The third kappa shape index (κ3) is 5.98. The number of carbonyl (C=O) groups excluding carboxylic acids is 2. The highest BCUT2D eigenvalue weighted by molar-refractivity contribution is 6.30. The average Bonchev–Trinajstić information content (AvgIpc) is 2.67. The lowest BCUT2D eigenvalue weighted by molar-refractivity contribution is -0.123. The predicted octanol–water partition coefficient (Wildman–Crippen LogP) is 4.07. The molecule has 2 aromatic carbocycles. The molecular formula is C20H22ClNO5. The Bertz CT molecular complexity index is 791. The molecule has 0 heterocycles. The molecule has 144 valence electrons. The van der Waals surface area contributed by atoms with Crippen molar-refractivity contribution >= 4 is 29.2 Å². The van der Waals surface area contributed by atoms with Gasteiger partial charge in [-0.15, -0.1) is 0 Å². The van der Waals surface area contributed by atoms with Crippen molar-refractivity contribution in [2.75, 3.05) is 19.0 Å². The summed E-state index contributed by atoms with van der Waals surface area (Å²) in [6.07, 6.45) is -0.967. The number of ether oxygens (including phenoxy) is 3. The smallest absolute Gasteiger partial charge is 0.338 e. The zero-order valence-corrected chi connectivity index (χ0v) is 16.2. The fraction of sp³-hybridized carbons (Fsp3) is 0.300. The van der Waals surface area contributed by atoms with E-state index in [2.05, 4.69) is 5.32 Å². The van der Waals surface area contributed by atoms with Crippen LogP contribution >= 0.6 is 11.6 Å². The lowest BCUT2D eigenvalue weighted by Gasteiger charge is -2.15. The van der Waals surface area contributed by atoms with E-state index in [1.165, 1.54) is 6.92 Å². The molecule has 0 radical (unpaired) electrons. The van der Waals surface area contributed by atoms with Gasteiger partial charge in [-0.2, -0.15) is 0 Å². The first-order valence-electron chi connectivity index (χ1n) is 8.46. The van der Waals surface area contributed by atoms with Crippen LogP contribution < -0.4 is 10.1 Å². The van der Waals surface area contributed by atoms with Crippen molar-refractivity contribution in [2.45, 2.75) is 26.6 Å². The van der Waals surface area contributed by atoms with Gasteiger partial charge in [-0.3, -0.25) is 4.79 Å². The van der Waals surface area contributed by atoms with E-state index in [0.717, 1.165) is 5.56 Å². The van der Waals surface area contributed by atoms with E-state index in [9.17, 15) is 9.59 Å². The Kier molecular flexibility index (Phi) is 7.64. The van der Waals surface area contributed by atoms with Crippen molar-refractivity contribution in [3.63, 3.8) is 0 Å². The molecule has 0 fully saturated rings. The minimum Gasteiger partial charge on any atom is -0.496 e. The number of amides is 1. The lowest BCUT2D eigenvalue weighted by Crippen LogP contribution is -2.30. The van der Waals surface area contributed by atoms with Crippen molar-refractivity contribution in [2.24, 2.45) is 0 Å². The maximum Gasteiger partial charge on any atom is 0.338 e. The van der Waals surface area contributed by atoms with Gasteiger partial charge < -0.3 is 19.5 Å². The summed E-state index contributed by atoms with van der Waals surface area (Å²) in [4.78, 5) is 24.6. The number of anilines is 1. The van der Waals surface area contributed by atoms with Crippen LogP contribution in [0.4, 0.5) is 5.69 Å². The Hall–Kier alpha value is -2.57. The molecule has 0 aromatic heterocycles. The van der Waals surface area contributed by atoms with Crippen molar-refractivity contribution in [1.29, 1.82) is 0 Å². The van der Waals surface area contributed by atoms with Gasteiger partial charge in [0.05, 0.1) is 19.3 Å². The van der Waals surface area contributed by atoms with Gasteiger partial charge in [-0.05, 0) is 56.3 Å². The van der Waals surface area contributed by atoms with E-state index in [-0.39, 0.29) is 0 Å². The number of esters is 1. The minimum absolute atomic E-state index is 0.313. The normalized spacial score (nSPS) is 11.6. The summed E-state index contributed by atoms with van der Waals surface area (Å²) in [5.41, 5.74) is 1.61. The second-order valence-electron chi connectivity index (χ2n) is 5.71. The summed E-state index contributed by atoms with van der Waals surface area (Å²) in [6, 6.07) is 11.5. The van der Waals surface area contributed by atoms with Crippen molar-refractivity contribution in [3.8, 4) is 5.75 Å².